The summed E-state index contributed by atoms with van der Waals surface area (Å²) in [5, 5.41) is 2.93. The fourth-order valence-electron chi connectivity index (χ4n) is 4.66. The fraction of sp³-hybridized carbons (Fsp3) is 0.400. The zero-order valence-corrected chi connectivity index (χ0v) is 27.3. The summed E-state index contributed by atoms with van der Waals surface area (Å²) in [6, 6.07) is 8.61. The zero-order chi connectivity index (χ0) is 34.0. The maximum atomic E-state index is 14.4. The number of nitrogens with one attached hydrogen (secondary N) is 1. The first-order valence-electron chi connectivity index (χ1n) is 15.1. The van der Waals surface area contributed by atoms with Crippen molar-refractivity contribution in [3.63, 3.8) is 0 Å². The Hall–Kier alpha value is -4.05. The van der Waals surface area contributed by atoms with Crippen LogP contribution in [0.25, 0.3) is 6.08 Å². The molecule has 0 saturated heterocycles. The van der Waals surface area contributed by atoms with Gasteiger partial charge in [-0.05, 0) is 80.9 Å². The van der Waals surface area contributed by atoms with Crippen LogP contribution in [0.5, 0.6) is 5.75 Å². The van der Waals surface area contributed by atoms with Crippen LogP contribution in [-0.4, -0.2) is 57.3 Å². The summed E-state index contributed by atoms with van der Waals surface area (Å²) in [6.07, 6.45) is 8.32. The maximum Gasteiger partial charge on any atom is 0.406 e. The van der Waals surface area contributed by atoms with E-state index in [9.17, 15) is 22.4 Å². The van der Waals surface area contributed by atoms with E-state index in [0.717, 1.165) is 24.1 Å². The summed E-state index contributed by atoms with van der Waals surface area (Å²) in [4.78, 5) is 15.9. The van der Waals surface area contributed by atoms with E-state index in [4.69, 9.17) is 4.74 Å². The number of hydrogen-bond donors (Lipinski definition) is 2. The topological polar surface area (TPSA) is 70.8 Å². The van der Waals surface area contributed by atoms with Gasteiger partial charge in [0.25, 0.3) is 0 Å². The molecule has 6 nitrogen and oxygen atoms in total. The minimum atomic E-state index is -4.63. The molecule has 0 aromatic heterocycles. The number of ether oxygens (including phenoxy) is 1. The summed E-state index contributed by atoms with van der Waals surface area (Å²) in [6.45, 7) is 9.28. The smallest absolute Gasteiger partial charge is 0.406 e. The molecule has 3 rings (SSSR count). The Morgan fingerprint density at radius 1 is 1.20 bits per heavy atom. The molecule has 1 heterocycles. The van der Waals surface area contributed by atoms with Gasteiger partial charge in [-0.3, -0.25) is 4.79 Å². The number of halogens is 4. The van der Waals surface area contributed by atoms with E-state index in [1.165, 1.54) is 37.1 Å². The van der Waals surface area contributed by atoms with E-state index in [1.54, 1.807) is 19.3 Å². The van der Waals surface area contributed by atoms with Gasteiger partial charge in [0, 0.05) is 31.3 Å². The Balaban J connectivity index is 0.00000243. The second kappa shape index (κ2) is 20.1. The zero-order valence-electron chi connectivity index (χ0n) is 27.3. The van der Waals surface area contributed by atoms with Gasteiger partial charge >= 0.3 is 6.18 Å². The van der Waals surface area contributed by atoms with Crippen molar-refractivity contribution >= 4 is 17.7 Å². The Bertz CT molecular complexity index is 1310. The maximum absolute atomic E-state index is 14.4. The summed E-state index contributed by atoms with van der Waals surface area (Å²) in [7, 11) is 5.13. The number of amides is 1. The van der Waals surface area contributed by atoms with Gasteiger partial charge < -0.3 is 25.6 Å². The molecule has 0 radical (unpaired) electrons. The number of allylic oxidation sites excluding steroid dienone is 4. The lowest BCUT2D eigenvalue weighted by Crippen LogP contribution is -2.47. The molecule has 1 aliphatic rings. The number of carbonyl (C=O) groups is 1. The van der Waals surface area contributed by atoms with Crippen LogP contribution in [0.3, 0.4) is 0 Å². The third-order valence-electron chi connectivity index (χ3n) is 6.96. The standard InChI is InChI=1S/C32H37F4N3O2.C2H6.CH5N/c1-5-10-25(38(3)6-2)12-8-7-11-24-16-15-23(21-30(24)41-4)19-20-37-28-18-17-26-27(33)13-9-14-29(26)39(31(28)40)22-32(34,35)36;2*1-2/h5,7-10,13-16,19-21,28,37H,1,6,11-12,17-18,22H2,2-4H3;1-2H3;2H2,1H3/b8-7-,20-19+,25-10+;;. The van der Waals surface area contributed by atoms with Gasteiger partial charge in [0.15, 0.2) is 0 Å². The Morgan fingerprint density at radius 2 is 1.91 bits per heavy atom. The van der Waals surface area contributed by atoms with Crippen molar-refractivity contribution in [1.29, 1.82) is 0 Å². The highest BCUT2D eigenvalue weighted by atomic mass is 19.4. The lowest BCUT2D eigenvalue weighted by atomic mass is 10.1. The molecule has 248 valence electrons. The number of alkyl halides is 3. The van der Waals surface area contributed by atoms with Crippen LogP contribution in [0.2, 0.25) is 0 Å². The molecule has 0 fully saturated rings. The second-order valence-electron chi connectivity index (χ2n) is 9.73. The number of fused-ring (bicyclic) bond motifs is 1. The van der Waals surface area contributed by atoms with Crippen molar-refractivity contribution in [3.8, 4) is 5.75 Å². The number of rotatable bonds is 12. The Kier molecular flexibility index (Phi) is 17.4. The van der Waals surface area contributed by atoms with Crippen molar-refractivity contribution in [2.45, 2.75) is 58.7 Å². The Labute approximate surface area is 265 Å². The van der Waals surface area contributed by atoms with E-state index < -0.39 is 30.5 Å². The highest BCUT2D eigenvalue weighted by Crippen LogP contribution is 2.32. The number of nitrogens with two attached hydrogens (primary N) is 1. The molecule has 45 heavy (non-hydrogen) atoms. The van der Waals surface area contributed by atoms with Crippen molar-refractivity contribution in [1.82, 2.24) is 10.2 Å². The molecular weight excluding hydrogens is 584 g/mol. The van der Waals surface area contributed by atoms with E-state index in [1.807, 2.05) is 45.2 Å². The third-order valence-corrected chi connectivity index (χ3v) is 6.96. The van der Waals surface area contributed by atoms with Crippen LogP contribution in [0.1, 0.15) is 50.3 Å². The minimum absolute atomic E-state index is 0.0414. The molecule has 0 bridgehead atoms. The minimum Gasteiger partial charge on any atom is -0.496 e. The number of anilines is 1. The van der Waals surface area contributed by atoms with Crippen LogP contribution in [0.15, 0.2) is 79.2 Å². The summed E-state index contributed by atoms with van der Waals surface area (Å²) in [5.41, 5.74) is 7.51. The molecule has 10 heteroatoms. The number of methoxy groups -OCH3 is 1. The molecule has 1 aliphatic heterocycles. The monoisotopic (exact) mass is 632 g/mol. The van der Waals surface area contributed by atoms with Crippen molar-refractivity contribution in [2.75, 3.05) is 39.2 Å². The van der Waals surface area contributed by atoms with Crippen LogP contribution >= 0.6 is 0 Å². The van der Waals surface area contributed by atoms with Gasteiger partial charge in [-0.1, -0.05) is 56.9 Å². The quantitative estimate of drug-likeness (QED) is 0.145. The van der Waals surface area contributed by atoms with Crippen LogP contribution in [0, 0.1) is 5.82 Å². The number of carbonyl (C=O) groups excluding carboxylic acids is 1. The van der Waals surface area contributed by atoms with Gasteiger partial charge in [0.2, 0.25) is 5.91 Å². The van der Waals surface area contributed by atoms with Gasteiger partial charge in [-0.15, -0.1) is 0 Å². The van der Waals surface area contributed by atoms with Gasteiger partial charge in [0.05, 0.1) is 12.8 Å². The molecule has 1 atom stereocenters. The van der Waals surface area contributed by atoms with Crippen LogP contribution < -0.4 is 20.7 Å². The van der Waals surface area contributed by atoms with Gasteiger partial charge in [-0.25, -0.2) is 4.39 Å². The first kappa shape index (κ1) is 39.0. The average molecular weight is 633 g/mol. The van der Waals surface area contributed by atoms with Crippen LogP contribution in [0.4, 0.5) is 23.2 Å². The van der Waals surface area contributed by atoms with Gasteiger partial charge in [0.1, 0.15) is 24.2 Å². The van der Waals surface area contributed by atoms with Crippen molar-refractivity contribution < 1.29 is 27.1 Å². The third kappa shape index (κ3) is 12.1. The predicted octanol–water partition coefficient (Wildman–Crippen LogP) is 7.42. The highest BCUT2D eigenvalue weighted by Gasteiger charge is 2.39. The number of nitrogens with zero attached hydrogens (tertiary/aromatic N) is 2. The van der Waals surface area contributed by atoms with Crippen LogP contribution in [-0.2, 0) is 17.6 Å². The second-order valence-corrected chi connectivity index (χ2v) is 9.73. The first-order valence-corrected chi connectivity index (χ1v) is 15.1. The lowest BCUT2D eigenvalue weighted by molar-refractivity contribution is -0.133. The summed E-state index contributed by atoms with van der Waals surface area (Å²) in [5.74, 6) is -0.688. The van der Waals surface area contributed by atoms with Crippen molar-refractivity contribution in [2.24, 2.45) is 5.73 Å². The fourth-order valence-corrected chi connectivity index (χ4v) is 4.66. The SMILES string of the molecule is C=C/C=C(\C/C=C\Cc1ccc(/C=C/NC2CCc3c(F)cccc3N(CC(F)(F)F)C2=O)cc1OC)N(C)CC.CC.CN. The molecule has 2 aromatic rings. The molecule has 0 aliphatic carbocycles. The van der Waals surface area contributed by atoms with E-state index in [0.29, 0.717) is 17.1 Å². The summed E-state index contributed by atoms with van der Waals surface area (Å²) < 4.78 is 59.9. The average Bonchev–Trinajstić information content (AvgIpc) is 3.16. The van der Waals surface area contributed by atoms with E-state index in [-0.39, 0.29) is 24.1 Å². The molecule has 1 amide bonds. The lowest BCUT2D eigenvalue weighted by Gasteiger charge is -2.27. The Morgan fingerprint density at radius 3 is 2.53 bits per heavy atom. The molecule has 0 saturated carbocycles. The summed E-state index contributed by atoms with van der Waals surface area (Å²) >= 11 is 0. The highest BCUT2D eigenvalue weighted by molar-refractivity contribution is 5.98. The first-order chi connectivity index (χ1) is 21.6. The molecule has 0 spiro atoms. The molecular formula is C35H48F4N4O2. The number of hydrogen-bond acceptors (Lipinski definition) is 5. The van der Waals surface area contributed by atoms with E-state index >= 15 is 0 Å². The predicted molar refractivity (Wildman–Crippen MR) is 178 cm³/mol. The largest absolute Gasteiger partial charge is 0.496 e. The molecule has 3 N–H and O–H groups in total. The number of benzene rings is 2. The van der Waals surface area contributed by atoms with Crippen molar-refractivity contribution in [3.05, 3.63) is 102 Å². The normalized spacial score (nSPS) is 15.0. The molecule has 2 aromatic carbocycles. The van der Waals surface area contributed by atoms with Gasteiger partial charge in [-0.2, -0.15) is 13.2 Å². The van der Waals surface area contributed by atoms with E-state index in [2.05, 4.69) is 41.6 Å². The molecule has 1 unspecified atom stereocenters.